The molecule has 1 atom stereocenters. The van der Waals surface area contributed by atoms with Crippen molar-refractivity contribution in [1.29, 1.82) is 0 Å². The molecule has 1 aromatic heterocycles. The number of thiophene rings is 1. The first kappa shape index (κ1) is 22.7. The van der Waals surface area contributed by atoms with Crippen LogP contribution in [0.4, 0.5) is 0 Å². The van der Waals surface area contributed by atoms with Crippen molar-refractivity contribution in [1.82, 2.24) is 15.5 Å². The van der Waals surface area contributed by atoms with Crippen molar-refractivity contribution in [3.8, 4) is 0 Å². The first-order chi connectivity index (χ1) is 14.5. The fraction of sp³-hybridized carbons (Fsp3) is 0.522. The van der Waals surface area contributed by atoms with Crippen LogP contribution in [0, 0.1) is 0 Å². The van der Waals surface area contributed by atoms with Crippen molar-refractivity contribution in [2.75, 3.05) is 26.2 Å². The SMILES string of the molecule is CCNC(=NCc1ccc(CN2CCC(O)CC2)cc1)NCC(C)(O)c1cccs1. The molecule has 2 aromatic rings. The van der Waals surface area contributed by atoms with E-state index < -0.39 is 5.60 Å². The highest BCUT2D eigenvalue weighted by atomic mass is 32.1. The number of aliphatic hydroxyl groups excluding tert-OH is 1. The predicted octanol–water partition coefficient (Wildman–Crippen LogP) is 2.67. The van der Waals surface area contributed by atoms with Gasteiger partial charge in [0.05, 0.1) is 19.2 Å². The molecule has 0 amide bonds. The minimum Gasteiger partial charge on any atom is -0.393 e. The fourth-order valence-corrected chi connectivity index (χ4v) is 4.31. The zero-order valence-corrected chi connectivity index (χ0v) is 18.8. The van der Waals surface area contributed by atoms with Gasteiger partial charge in [-0.3, -0.25) is 4.90 Å². The van der Waals surface area contributed by atoms with Gasteiger partial charge in [0.2, 0.25) is 0 Å². The van der Waals surface area contributed by atoms with Gasteiger partial charge < -0.3 is 20.8 Å². The summed E-state index contributed by atoms with van der Waals surface area (Å²) in [5.74, 6) is 0.699. The third kappa shape index (κ3) is 6.80. The number of benzene rings is 1. The Morgan fingerprint density at radius 3 is 2.50 bits per heavy atom. The number of hydrogen-bond donors (Lipinski definition) is 4. The molecule has 1 fully saturated rings. The zero-order valence-electron chi connectivity index (χ0n) is 18.0. The summed E-state index contributed by atoms with van der Waals surface area (Å²) in [6.07, 6.45) is 1.61. The number of aliphatic imine (C=N–C) groups is 1. The monoisotopic (exact) mass is 430 g/mol. The van der Waals surface area contributed by atoms with Gasteiger partial charge in [-0.15, -0.1) is 11.3 Å². The second-order valence-electron chi connectivity index (χ2n) is 8.12. The maximum absolute atomic E-state index is 10.7. The molecule has 3 rings (SSSR count). The summed E-state index contributed by atoms with van der Waals surface area (Å²) in [4.78, 5) is 8.00. The van der Waals surface area contributed by atoms with E-state index in [1.165, 1.54) is 5.56 Å². The van der Waals surface area contributed by atoms with Crippen molar-refractivity contribution < 1.29 is 10.2 Å². The van der Waals surface area contributed by atoms with Crippen LogP contribution < -0.4 is 10.6 Å². The van der Waals surface area contributed by atoms with E-state index in [4.69, 9.17) is 0 Å². The van der Waals surface area contributed by atoms with Crippen molar-refractivity contribution in [3.05, 3.63) is 57.8 Å². The lowest BCUT2D eigenvalue weighted by Gasteiger charge is -2.29. The van der Waals surface area contributed by atoms with Gasteiger partial charge >= 0.3 is 0 Å². The molecule has 1 unspecified atom stereocenters. The molecule has 6 nitrogen and oxygen atoms in total. The third-order valence-electron chi connectivity index (χ3n) is 5.40. The number of guanidine groups is 1. The maximum atomic E-state index is 10.7. The molecule has 1 aromatic carbocycles. The van der Waals surface area contributed by atoms with Crippen LogP contribution in [0.15, 0.2) is 46.8 Å². The molecule has 0 bridgehead atoms. The molecule has 1 saturated heterocycles. The summed E-state index contributed by atoms with van der Waals surface area (Å²) < 4.78 is 0. The van der Waals surface area contributed by atoms with Gasteiger partial charge in [-0.2, -0.15) is 0 Å². The van der Waals surface area contributed by atoms with E-state index in [0.717, 1.165) is 49.5 Å². The van der Waals surface area contributed by atoms with Crippen LogP contribution in [0.5, 0.6) is 0 Å². The average molecular weight is 431 g/mol. The molecule has 0 spiro atoms. The van der Waals surface area contributed by atoms with E-state index in [0.29, 0.717) is 19.0 Å². The Bertz CT molecular complexity index is 782. The summed E-state index contributed by atoms with van der Waals surface area (Å²) in [5, 5.41) is 28.8. The van der Waals surface area contributed by atoms with E-state index in [1.807, 2.05) is 31.4 Å². The van der Waals surface area contributed by atoms with Crippen LogP contribution in [-0.2, 0) is 18.7 Å². The van der Waals surface area contributed by atoms with Crippen LogP contribution in [0.2, 0.25) is 0 Å². The van der Waals surface area contributed by atoms with Crippen LogP contribution >= 0.6 is 11.3 Å². The highest BCUT2D eigenvalue weighted by molar-refractivity contribution is 7.10. The van der Waals surface area contributed by atoms with Gasteiger partial charge in [-0.05, 0) is 49.3 Å². The standard InChI is InChI=1S/C23H34N4O2S/c1-3-24-22(26-17-23(2,29)21-5-4-14-30-21)25-15-18-6-8-19(9-7-18)16-27-12-10-20(28)11-13-27/h4-9,14,20,28-29H,3,10-13,15-17H2,1-2H3,(H2,24,25,26). The molecule has 0 aliphatic carbocycles. The van der Waals surface area contributed by atoms with Crippen LogP contribution in [0.25, 0.3) is 0 Å². The number of nitrogens with zero attached hydrogens (tertiary/aromatic N) is 2. The highest BCUT2D eigenvalue weighted by Crippen LogP contribution is 2.24. The van der Waals surface area contributed by atoms with E-state index >= 15 is 0 Å². The largest absolute Gasteiger partial charge is 0.393 e. The van der Waals surface area contributed by atoms with Crippen molar-refractivity contribution in [2.24, 2.45) is 4.99 Å². The second kappa shape index (κ2) is 10.9. The summed E-state index contributed by atoms with van der Waals surface area (Å²) >= 11 is 1.55. The van der Waals surface area contributed by atoms with E-state index in [2.05, 4.69) is 44.8 Å². The Morgan fingerprint density at radius 1 is 1.17 bits per heavy atom. The Balaban J connectivity index is 1.52. The topological polar surface area (TPSA) is 80.1 Å². The number of likely N-dealkylation sites (tertiary alicyclic amines) is 1. The number of nitrogens with one attached hydrogen (secondary N) is 2. The number of aliphatic hydroxyl groups is 2. The molecule has 4 N–H and O–H groups in total. The molecular formula is C23H34N4O2S. The first-order valence-corrected chi connectivity index (χ1v) is 11.6. The van der Waals surface area contributed by atoms with Gasteiger partial charge in [-0.25, -0.2) is 4.99 Å². The first-order valence-electron chi connectivity index (χ1n) is 10.7. The maximum Gasteiger partial charge on any atom is 0.191 e. The fourth-order valence-electron chi connectivity index (χ4n) is 3.53. The van der Waals surface area contributed by atoms with Gasteiger partial charge in [0.15, 0.2) is 5.96 Å². The number of hydrogen-bond acceptors (Lipinski definition) is 5. The molecule has 7 heteroatoms. The smallest absolute Gasteiger partial charge is 0.191 e. The zero-order chi connectivity index (χ0) is 21.4. The van der Waals surface area contributed by atoms with Crippen molar-refractivity contribution in [3.63, 3.8) is 0 Å². The average Bonchev–Trinajstić information content (AvgIpc) is 3.29. The second-order valence-corrected chi connectivity index (χ2v) is 9.07. The molecule has 0 saturated carbocycles. The Hall–Kier alpha value is -1.93. The molecule has 1 aliphatic rings. The molecular weight excluding hydrogens is 396 g/mol. The van der Waals surface area contributed by atoms with E-state index in [1.54, 1.807) is 11.3 Å². The van der Waals surface area contributed by atoms with Gasteiger partial charge in [0.1, 0.15) is 5.60 Å². The Morgan fingerprint density at radius 2 is 1.87 bits per heavy atom. The number of rotatable bonds is 8. The minimum absolute atomic E-state index is 0.130. The molecule has 2 heterocycles. The Kier molecular flexibility index (Phi) is 8.27. The van der Waals surface area contributed by atoms with Gasteiger partial charge in [-0.1, -0.05) is 30.3 Å². The molecule has 30 heavy (non-hydrogen) atoms. The number of piperidine rings is 1. The third-order valence-corrected chi connectivity index (χ3v) is 6.53. The lowest BCUT2D eigenvalue weighted by molar-refractivity contribution is 0.0655. The molecule has 1 aliphatic heterocycles. The Labute approximate surface area is 183 Å². The highest BCUT2D eigenvalue weighted by Gasteiger charge is 2.24. The molecule has 0 radical (unpaired) electrons. The predicted molar refractivity (Wildman–Crippen MR) is 124 cm³/mol. The van der Waals surface area contributed by atoms with Crippen LogP contribution in [-0.4, -0.2) is 53.4 Å². The van der Waals surface area contributed by atoms with E-state index in [-0.39, 0.29) is 6.10 Å². The summed E-state index contributed by atoms with van der Waals surface area (Å²) in [7, 11) is 0. The van der Waals surface area contributed by atoms with Crippen molar-refractivity contribution >= 4 is 17.3 Å². The van der Waals surface area contributed by atoms with Gasteiger partial charge in [0, 0.05) is 31.1 Å². The van der Waals surface area contributed by atoms with Crippen LogP contribution in [0.1, 0.15) is 42.7 Å². The summed E-state index contributed by atoms with van der Waals surface area (Å²) in [6.45, 7) is 8.42. The van der Waals surface area contributed by atoms with Crippen LogP contribution in [0.3, 0.4) is 0 Å². The quantitative estimate of drug-likeness (QED) is 0.383. The summed E-state index contributed by atoms with van der Waals surface area (Å²) in [5.41, 5.74) is 1.50. The molecule has 164 valence electrons. The minimum atomic E-state index is -0.934. The lowest BCUT2D eigenvalue weighted by atomic mass is 10.1. The van der Waals surface area contributed by atoms with Gasteiger partial charge in [0.25, 0.3) is 0 Å². The van der Waals surface area contributed by atoms with Crippen molar-refractivity contribution in [2.45, 2.75) is 51.5 Å². The van der Waals surface area contributed by atoms with E-state index in [9.17, 15) is 10.2 Å². The lowest BCUT2D eigenvalue weighted by Crippen LogP contribution is -2.44. The summed E-state index contributed by atoms with van der Waals surface area (Å²) in [6, 6.07) is 12.5. The normalized spacial score (nSPS) is 18.2.